The molecule has 1 heterocycles. The molecule has 4 N–H and O–H groups in total. The zero-order valence-electron chi connectivity index (χ0n) is 8.19. The second-order valence-electron chi connectivity index (χ2n) is 3.26. The van der Waals surface area contributed by atoms with Crippen LogP contribution in [-0.4, -0.2) is 14.8 Å². The van der Waals surface area contributed by atoms with Gasteiger partial charge >= 0.3 is 0 Å². The van der Waals surface area contributed by atoms with E-state index in [0.717, 1.165) is 6.07 Å². The van der Waals surface area contributed by atoms with Crippen molar-refractivity contribution in [2.24, 2.45) is 0 Å². The largest absolute Gasteiger partial charge is 0.368 e. The van der Waals surface area contributed by atoms with Gasteiger partial charge in [-0.15, -0.1) is 5.10 Å². The maximum atomic E-state index is 12.9. The normalized spacial score (nSPS) is 10.6. The third-order valence-corrected chi connectivity index (χ3v) is 1.97. The topological polar surface area (TPSA) is 82.7 Å². The van der Waals surface area contributed by atoms with Gasteiger partial charge in [0.1, 0.15) is 11.6 Å². The summed E-state index contributed by atoms with van der Waals surface area (Å²) < 4.78 is 27.1. The van der Waals surface area contributed by atoms with E-state index in [1.165, 1.54) is 16.8 Å². The van der Waals surface area contributed by atoms with E-state index in [1.54, 1.807) is 0 Å². The number of benzene rings is 1. The Hall–Kier alpha value is -2.18. The lowest BCUT2D eigenvalue weighted by Crippen LogP contribution is -2.07. The van der Waals surface area contributed by atoms with Crippen LogP contribution >= 0.6 is 0 Å². The van der Waals surface area contributed by atoms with E-state index >= 15 is 0 Å². The van der Waals surface area contributed by atoms with E-state index in [1.807, 2.05) is 0 Å². The van der Waals surface area contributed by atoms with Crippen LogP contribution in [0.1, 0.15) is 5.56 Å². The summed E-state index contributed by atoms with van der Waals surface area (Å²) in [6.45, 7) is 0.116. The average Bonchev–Trinajstić information content (AvgIpc) is 2.43. The number of rotatable bonds is 2. The minimum atomic E-state index is -0.651. The minimum absolute atomic E-state index is 0.0226. The predicted molar refractivity (Wildman–Crippen MR) is 54.3 cm³/mol. The second kappa shape index (κ2) is 3.76. The molecule has 0 atom stereocenters. The van der Waals surface area contributed by atoms with Crippen molar-refractivity contribution in [3.05, 3.63) is 35.4 Å². The van der Waals surface area contributed by atoms with Gasteiger partial charge in [-0.1, -0.05) is 0 Å². The first-order chi connectivity index (χ1) is 7.54. The summed E-state index contributed by atoms with van der Waals surface area (Å²) in [5.74, 6) is -1.18. The maximum Gasteiger partial charge on any atom is 0.241 e. The van der Waals surface area contributed by atoms with Gasteiger partial charge in [-0.2, -0.15) is 4.98 Å². The summed E-state index contributed by atoms with van der Waals surface area (Å²) in [6, 6.07) is 3.18. The van der Waals surface area contributed by atoms with Gasteiger partial charge in [-0.25, -0.2) is 13.5 Å². The molecule has 0 bridgehead atoms. The third-order valence-electron chi connectivity index (χ3n) is 1.97. The molecule has 2 rings (SSSR count). The van der Waals surface area contributed by atoms with Crippen LogP contribution in [0.5, 0.6) is 0 Å². The summed E-state index contributed by atoms with van der Waals surface area (Å²) in [5.41, 5.74) is 11.2. The number of nitrogens with two attached hydrogens (primary N) is 2. The molecule has 5 nitrogen and oxygen atoms in total. The van der Waals surface area contributed by atoms with E-state index in [4.69, 9.17) is 11.5 Å². The van der Waals surface area contributed by atoms with E-state index in [0.29, 0.717) is 5.56 Å². The molecule has 16 heavy (non-hydrogen) atoms. The Morgan fingerprint density at radius 1 is 1.12 bits per heavy atom. The Labute approximate surface area is 89.7 Å². The molecule has 2 aromatic rings. The SMILES string of the molecule is Nc1nc(N)n(Cc2cc(F)cc(F)c2)n1. The molecule has 0 unspecified atom stereocenters. The highest BCUT2D eigenvalue weighted by Gasteiger charge is 2.06. The Kier molecular flexibility index (Phi) is 2.43. The minimum Gasteiger partial charge on any atom is -0.368 e. The van der Waals surface area contributed by atoms with Crippen molar-refractivity contribution in [2.45, 2.75) is 6.54 Å². The molecular weight excluding hydrogens is 216 g/mol. The lowest BCUT2D eigenvalue weighted by Gasteiger charge is -2.03. The molecule has 0 spiro atoms. The number of anilines is 2. The third kappa shape index (κ3) is 2.08. The maximum absolute atomic E-state index is 12.9. The van der Waals surface area contributed by atoms with Gasteiger partial charge in [0.2, 0.25) is 11.9 Å². The quantitative estimate of drug-likeness (QED) is 0.790. The Bertz CT molecular complexity index is 502. The summed E-state index contributed by atoms with van der Waals surface area (Å²) in [4.78, 5) is 3.67. The fourth-order valence-electron chi connectivity index (χ4n) is 1.36. The second-order valence-corrected chi connectivity index (χ2v) is 3.26. The summed E-state index contributed by atoms with van der Waals surface area (Å²) in [7, 11) is 0. The molecule has 0 saturated carbocycles. The first-order valence-electron chi connectivity index (χ1n) is 4.45. The van der Waals surface area contributed by atoms with E-state index in [-0.39, 0.29) is 18.4 Å². The van der Waals surface area contributed by atoms with Crippen molar-refractivity contribution in [2.75, 3.05) is 11.5 Å². The number of aromatic nitrogens is 3. The molecule has 1 aromatic heterocycles. The smallest absolute Gasteiger partial charge is 0.241 e. The van der Waals surface area contributed by atoms with Gasteiger partial charge in [-0.05, 0) is 17.7 Å². The molecule has 0 saturated heterocycles. The van der Waals surface area contributed by atoms with Crippen LogP contribution in [0.2, 0.25) is 0 Å². The predicted octanol–water partition coefficient (Wildman–Crippen LogP) is 0.769. The first-order valence-corrected chi connectivity index (χ1v) is 4.45. The molecule has 0 aliphatic heterocycles. The van der Waals surface area contributed by atoms with Gasteiger partial charge in [0.25, 0.3) is 0 Å². The van der Waals surface area contributed by atoms with Gasteiger partial charge in [0.15, 0.2) is 0 Å². The average molecular weight is 225 g/mol. The van der Waals surface area contributed by atoms with Crippen LogP contribution in [0, 0.1) is 11.6 Å². The molecule has 0 amide bonds. The lowest BCUT2D eigenvalue weighted by atomic mass is 10.2. The molecule has 1 aromatic carbocycles. The Balaban J connectivity index is 2.30. The zero-order valence-corrected chi connectivity index (χ0v) is 8.19. The summed E-state index contributed by atoms with van der Waals surface area (Å²) >= 11 is 0. The number of hydrogen-bond acceptors (Lipinski definition) is 4. The standard InChI is InChI=1S/C9H9F2N5/c10-6-1-5(2-7(11)3-6)4-16-9(13)14-8(12)15-16/h1-3H,4H2,(H4,12,13,14,15). The molecule has 0 fully saturated rings. The lowest BCUT2D eigenvalue weighted by molar-refractivity contribution is 0.575. The van der Waals surface area contributed by atoms with E-state index in [2.05, 4.69) is 10.1 Å². The molecule has 7 heteroatoms. The molecule has 0 aliphatic carbocycles. The fraction of sp³-hybridized carbons (Fsp3) is 0.111. The van der Waals surface area contributed by atoms with Crippen molar-refractivity contribution in [3.63, 3.8) is 0 Å². The van der Waals surface area contributed by atoms with Crippen LogP contribution in [-0.2, 0) is 6.54 Å². The van der Waals surface area contributed by atoms with Crippen LogP contribution in [0.15, 0.2) is 18.2 Å². The number of halogens is 2. The highest BCUT2D eigenvalue weighted by Crippen LogP contribution is 2.11. The van der Waals surface area contributed by atoms with E-state index < -0.39 is 11.6 Å². The van der Waals surface area contributed by atoms with Gasteiger partial charge in [0.05, 0.1) is 6.54 Å². The fourth-order valence-corrected chi connectivity index (χ4v) is 1.36. The van der Waals surface area contributed by atoms with Crippen molar-refractivity contribution in [1.29, 1.82) is 0 Å². The van der Waals surface area contributed by atoms with Crippen molar-refractivity contribution >= 4 is 11.9 Å². The molecule has 0 aliphatic rings. The number of nitrogen functional groups attached to an aromatic ring is 2. The van der Waals surface area contributed by atoms with Crippen molar-refractivity contribution in [3.8, 4) is 0 Å². The molecular formula is C9H9F2N5. The number of hydrogen-bond donors (Lipinski definition) is 2. The Morgan fingerprint density at radius 3 is 2.25 bits per heavy atom. The van der Waals surface area contributed by atoms with Gasteiger partial charge in [-0.3, -0.25) is 0 Å². The monoisotopic (exact) mass is 225 g/mol. The van der Waals surface area contributed by atoms with Crippen LogP contribution in [0.3, 0.4) is 0 Å². The highest BCUT2D eigenvalue weighted by molar-refractivity contribution is 5.28. The van der Waals surface area contributed by atoms with Crippen LogP contribution < -0.4 is 11.5 Å². The molecule has 0 radical (unpaired) electrons. The first kappa shape index (κ1) is 10.3. The number of nitrogens with zero attached hydrogens (tertiary/aromatic N) is 3. The van der Waals surface area contributed by atoms with Gasteiger partial charge < -0.3 is 11.5 Å². The summed E-state index contributed by atoms with van der Waals surface area (Å²) in [6.07, 6.45) is 0. The molecule has 84 valence electrons. The highest BCUT2D eigenvalue weighted by atomic mass is 19.1. The van der Waals surface area contributed by atoms with Crippen LogP contribution in [0.4, 0.5) is 20.7 Å². The van der Waals surface area contributed by atoms with Crippen LogP contribution in [0.25, 0.3) is 0 Å². The van der Waals surface area contributed by atoms with Gasteiger partial charge in [0, 0.05) is 6.07 Å². The van der Waals surface area contributed by atoms with Crippen molar-refractivity contribution in [1.82, 2.24) is 14.8 Å². The van der Waals surface area contributed by atoms with E-state index in [9.17, 15) is 8.78 Å². The van der Waals surface area contributed by atoms with Crippen molar-refractivity contribution < 1.29 is 8.78 Å². The summed E-state index contributed by atoms with van der Waals surface area (Å²) in [5, 5.41) is 3.78. The Morgan fingerprint density at radius 2 is 1.75 bits per heavy atom. The zero-order chi connectivity index (χ0) is 11.7.